The van der Waals surface area contributed by atoms with Crippen molar-refractivity contribution in [3.05, 3.63) is 23.6 Å². The maximum Gasteiger partial charge on any atom is 0.320 e. The predicted octanol–water partition coefficient (Wildman–Crippen LogP) is 1.36. The highest BCUT2D eigenvalue weighted by molar-refractivity contribution is 5.73. The third-order valence-electron chi connectivity index (χ3n) is 1.90. The molecule has 3 nitrogen and oxygen atoms in total. The van der Waals surface area contributed by atoms with Crippen LogP contribution in [0.15, 0.2) is 23.6 Å². The van der Waals surface area contributed by atoms with Gasteiger partial charge >= 0.3 is 5.97 Å². The molecule has 0 bridgehead atoms. The number of allylic oxidation sites excluding steroid dienone is 3. The highest BCUT2D eigenvalue weighted by Gasteiger charge is 2.14. The molecule has 3 N–H and O–H groups in total. The fourth-order valence-corrected chi connectivity index (χ4v) is 1.21. The summed E-state index contributed by atoms with van der Waals surface area (Å²) in [7, 11) is 0. The zero-order valence-electron chi connectivity index (χ0n) is 7.16. The standard InChI is InChI=1S/C9H12FNO2/c10-7-3-1-2-6(4-7)5-8(11)9(12)13/h2,4,8H,1,3,5,11H2,(H,12,13). The maximum atomic E-state index is 12.7. The van der Waals surface area contributed by atoms with Crippen molar-refractivity contribution in [3.63, 3.8) is 0 Å². The molecule has 0 aliphatic heterocycles. The van der Waals surface area contributed by atoms with Gasteiger partial charge in [0.25, 0.3) is 0 Å². The predicted molar refractivity (Wildman–Crippen MR) is 46.7 cm³/mol. The molecule has 0 radical (unpaired) electrons. The summed E-state index contributed by atoms with van der Waals surface area (Å²) in [5.74, 6) is -1.25. The molecule has 1 unspecified atom stereocenters. The van der Waals surface area contributed by atoms with E-state index in [1.807, 2.05) is 6.08 Å². The second-order valence-electron chi connectivity index (χ2n) is 3.06. The third kappa shape index (κ3) is 2.99. The molecule has 13 heavy (non-hydrogen) atoms. The van der Waals surface area contributed by atoms with E-state index in [-0.39, 0.29) is 12.2 Å². The van der Waals surface area contributed by atoms with Crippen LogP contribution in [0, 0.1) is 0 Å². The van der Waals surface area contributed by atoms with Crippen LogP contribution in [0.4, 0.5) is 4.39 Å². The van der Waals surface area contributed by atoms with E-state index in [0.29, 0.717) is 18.4 Å². The smallest absolute Gasteiger partial charge is 0.320 e. The summed E-state index contributed by atoms with van der Waals surface area (Å²) in [6.45, 7) is 0. The number of carboxylic acids is 1. The summed E-state index contributed by atoms with van der Waals surface area (Å²) in [5, 5.41) is 8.51. The monoisotopic (exact) mass is 185 g/mol. The van der Waals surface area contributed by atoms with Crippen molar-refractivity contribution in [1.82, 2.24) is 0 Å². The van der Waals surface area contributed by atoms with Gasteiger partial charge in [-0.25, -0.2) is 4.39 Å². The summed E-state index contributed by atoms with van der Waals surface area (Å²) in [4.78, 5) is 10.4. The SMILES string of the molecule is NC(CC1=CCCC(F)=C1)C(=O)O. The number of carbonyl (C=O) groups is 1. The van der Waals surface area contributed by atoms with E-state index >= 15 is 0 Å². The topological polar surface area (TPSA) is 63.3 Å². The quantitative estimate of drug-likeness (QED) is 0.697. The van der Waals surface area contributed by atoms with Gasteiger partial charge in [0, 0.05) is 6.42 Å². The minimum Gasteiger partial charge on any atom is -0.480 e. The van der Waals surface area contributed by atoms with Gasteiger partial charge in [-0.1, -0.05) is 6.08 Å². The molecule has 1 atom stereocenters. The van der Waals surface area contributed by atoms with E-state index in [1.54, 1.807) is 0 Å². The van der Waals surface area contributed by atoms with E-state index < -0.39 is 12.0 Å². The van der Waals surface area contributed by atoms with Crippen LogP contribution < -0.4 is 5.73 Å². The van der Waals surface area contributed by atoms with Crippen LogP contribution in [0.2, 0.25) is 0 Å². The van der Waals surface area contributed by atoms with Gasteiger partial charge in [-0.2, -0.15) is 0 Å². The van der Waals surface area contributed by atoms with Gasteiger partial charge in [0.1, 0.15) is 11.9 Å². The number of nitrogens with two attached hydrogens (primary N) is 1. The first kappa shape index (κ1) is 9.92. The fraction of sp³-hybridized carbons (Fsp3) is 0.444. The van der Waals surface area contributed by atoms with Crippen LogP contribution in [-0.2, 0) is 4.79 Å². The average molecular weight is 185 g/mol. The number of aliphatic carboxylic acids is 1. The molecule has 0 saturated heterocycles. The summed E-state index contributed by atoms with van der Waals surface area (Å²) in [6, 6.07) is -0.937. The fourth-order valence-electron chi connectivity index (χ4n) is 1.21. The zero-order chi connectivity index (χ0) is 9.84. The Labute approximate surface area is 75.7 Å². The van der Waals surface area contributed by atoms with Gasteiger partial charge in [-0.3, -0.25) is 4.79 Å². The summed E-state index contributed by atoms with van der Waals surface area (Å²) in [6.07, 6.45) is 4.43. The Morgan fingerprint density at radius 2 is 2.46 bits per heavy atom. The molecule has 0 saturated carbocycles. The lowest BCUT2D eigenvalue weighted by Gasteiger charge is -2.10. The van der Waals surface area contributed by atoms with E-state index in [4.69, 9.17) is 10.8 Å². The minimum absolute atomic E-state index is 0.197. The van der Waals surface area contributed by atoms with Crippen LogP contribution in [0.5, 0.6) is 0 Å². The van der Waals surface area contributed by atoms with Crippen molar-refractivity contribution in [2.24, 2.45) is 5.73 Å². The molecule has 1 rings (SSSR count). The second-order valence-corrected chi connectivity index (χ2v) is 3.06. The van der Waals surface area contributed by atoms with Gasteiger partial charge in [-0.05, 0) is 24.5 Å². The van der Waals surface area contributed by atoms with Gasteiger partial charge in [0.15, 0.2) is 0 Å². The van der Waals surface area contributed by atoms with Crippen molar-refractivity contribution in [2.45, 2.75) is 25.3 Å². The average Bonchev–Trinajstić information content (AvgIpc) is 2.04. The van der Waals surface area contributed by atoms with Gasteiger partial charge in [0.2, 0.25) is 0 Å². The molecule has 0 fully saturated rings. The Bertz CT molecular complexity index is 271. The van der Waals surface area contributed by atoms with Crippen molar-refractivity contribution in [2.75, 3.05) is 0 Å². The largest absolute Gasteiger partial charge is 0.480 e. The summed E-state index contributed by atoms with van der Waals surface area (Å²) >= 11 is 0. The molecule has 72 valence electrons. The number of carboxylic acid groups (broad SMARTS) is 1. The summed E-state index contributed by atoms with van der Waals surface area (Å²) in [5.41, 5.74) is 5.98. The Hall–Kier alpha value is -1.16. The Morgan fingerprint density at radius 1 is 1.77 bits per heavy atom. The van der Waals surface area contributed by atoms with E-state index in [1.165, 1.54) is 6.08 Å². The molecule has 1 aliphatic rings. The third-order valence-corrected chi connectivity index (χ3v) is 1.90. The molecule has 0 aromatic rings. The van der Waals surface area contributed by atoms with Gasteiger partial charge in [-0.15, -0.1) is 0 Å². The van der Waals surface area contributed by atoms with Crippen LogP contribution in [0.3, 0.4) is 0 Å². The zero-order valence-corrected chi connectivity index (χ0v) is 7.16. The van der Waals surface area contributed by atoms with E-state index in [9.17, 15) is 9.18 Å². The van der Waals surface area contributed by atoms with Crippen molar-refractivity contribution in [1.29, 1.82) is 0 Å². The maximum absolute atomic E-state index is 12.7. The van der Waals surface area contributed by atoms with Crippen LogP contribution in [0.1, 0.15) is 19.3 Å². The Kier molecular flexibility index (Phi) is 3.19. The van der Waals surface area contributed by atoms with Crippen LogP contribution >= 0.6 is 0 Å². The van der Waals surface area contributed by atoms with Crippen LogP contribution in [-0.4, -0.2) is 17.1 Å². The van der Waals surface area contributed by atoms with Crippen molar-refractivity contribution < 1.29 is 14.3 Å². The number of hydrogen-bond acceptors (Lipinski definition) is 2. The molecule has 4 heteroatoms. The van der Waals surface area contributed by atoms with Crippen molar-refractivity contribution >= 4 is 5.97 Å². The lowest BCUT2D eigenvalue weighted by Crippen LogP contribution is -2.30. The van der Waals surface area contributed by atoms with Gasteiger partial charge in [0.05, 0.1) is 0 Å². The molecular weight excluding hydrogens is 173 g/mol. The molecule has 0 aromatic carbocycles. The Morgan fingerprint density at radius 3 is 3.00 bits per heavy atom. The van der Waals surface area contributed by atoms with Crippen LogP contribution in [0.25, 0.3) is 0 Å². The van der Waals surface area contributed by atoms with Crippen molar-refractivity contribution in [3.8, 4) is 0 Å². The normalized spacial score (nSPS) is 18.9. The molecule has 1 aliphatic carbocycles. The molecule has 0 amide bonds. The Balaban J connectivity index is 2.55. The molecule has 0 spiro atoms. The first-order chi connectivity index (χ1) is 6.09. The van der Waals surface area contributed by atoms with E-state index in [2.05, 4.69) is 0 Å². The highest BCUT2D eigenvalue weighted by atomic mass is 19.1. The lowest BCUT2D eigenvalue weighted by molar-refractivity contribution is -0.138. The number of halogens is 1. The highest BCUT2D eigenvalue weighted by Crippen LogP contribution is 2.20. The number of rotatable bonds is 3. The minimum atomic E-state index is -1.06. The first-order valence-corrected chi connectivity index (χ1v) is 4.13. The van der Waals surface area contributed by atoms with Gasteiger partial charge < -0.3 is 10.8 Å². The second kappa shape index (κ2) is 4.18. The molecule has 0 heterocycles. The molecular formula is C9H12FNO2. The summed E-state index contributed by atoms with van der Waals surface area (Å²) < 4.78 is 12.7. The number of hydrogen-bond donors (Lipinski definition) is 2. The van der Waals surface area contributed by atoms with E-state index in [0.717, 1.165) is 0 Å². The lowest BCUT2D eigenvalue weighted by atomic mass is 10.00. The molecule has 0 aromatic heterocycles. The first-order valence-electron chi connectivity index (χ1n) is 4.13.